The lowest BCUT2D eigenvalue weighted by Crippen LogP contribution is -2.36. The van der Waals surface area contributed by atoms with E-state index in [0.717, 1.165) is 68.6 Å². The van der Waals surface area contributed by atoms with Gasteiger partial charge >= 0.3 is 33.3 Å². The number of phosphoric ester groups is 2. The predicted molar refractivity (Wildman–Crippen MR) is 271 cm³/mol. The normalized spacial score (nSPS) is 20.3. The van der Waals surface area contributed by atoms with Gasteiger partial charge < -0.3 is 45.1 Å². The van der Waals surface area contributed by atoms with Crippen LogP contribution in [0.1, 0.15) is 142 Å². The first-order chi connectivity index (χ1) is 34.1. The van der Waals surface area contributed by atoms with E-state index in [1.165, 1.54) is 31.7 Å². The quantitative estimate of drug-likeness (QED) is 0.0118. The highest BCUT2D eigenvalue weighted by Gasteiger charge is 2.46. The molecule has 0 saturated carbocycles. The Kier molecular flexibility index (Phi) is 33.4. The van der Waals surface area contributed by atoms with E-state index in [1.54, 1.807) is 12.2 Å². The summed E-state index contributed by atoms with van der Waals surface area (Å²) in [6.07, 6.45) is 35.9. The van der Waals surface area contributed by atoms with Crippen LogP contribution in [0, 0.1) is 0 Å². The highest BCUT2D eigenvalue weighted by molar-refractivity contribution is 7.61. The fraction of sp³-hybridized carbons (Fsp3) is 0.600. The average Bonchev–Trinajstić information content (AvgIpc) is 3.60. The lowest BCUT2D eigenvalue weighted by molar-refractivity contribution is -0.161. The van der Waals surface area contributed by atoms with E-state index >= 15 is 0 Å². The van der Waals surface area contributed by atoms with E-state index in [0.29, 0.717) is 25.7 Å². The van der Waals surface area contributed by atoms with Gasteiger partial charge in [0.1, 0.15) is 30.7 Å². The molecule has 19 nitrogen and oxygen atoms in total. The first kappa shape index (κ1) is 63.0. The van der Waals surface area contributed by atoms with Crippen molar-refractivity contribution < 1.29 is 71.4 Å². The summed E-state index contributed by atoms with van der Waals surface area (Å²) < 4.78 is 56.6. The number of carbonyl (C=O) groups is 2. The van der Waals surface area contributed by atoms with Crippen LogP contribution in [-0.2, 0) is 46.3 Å². The van der Waals surface area contributed by atoms with E-state index in [1.807, 2.05) is 67.7 Å². The van der Waals surface area contributed by atoms with E-state index in [4.69, 9.17) is 29.0 Å². The number of nitrogen functional groups attached to an aromatic ring is 1. The van der Waals surface area contributed by atoms with Gasteiger partial charge in [-0.2, -0.15) is 9.29 Å². The summed E-state index contributed by atoms with van der Waals surface area (Å²) in [6, 6.07) is 1.24. The van der Waals surface area contributed by atoms with Crippen molar-refractivity contribution in [2.45, 2.75) is 173 Å². The van der Waals surface area contributed by atoms with Crippen LogP contribution in [0.3, 0.4) is 0 Å². The van der Waals surface area contributed by atoms with Gasteiger partial charge in [0.05, 0.1) is 19.3 Å². The molecule has 0 spiro atoms. The first-order valence-electron chi connectivity index (χ1n) is 24.7. The fourth-order valence-electron chi connectivity index (χ4n) is 6.71. The zero-order valence-corrected chi connectivity index (χ0v) is 43.1. The Balaban J connectivity index is 1.86. The predicted octanol–water partition coefficient (Wildman–Crippen LogP) is 8.86. The van der Waals surface area contributed by atoms with Gasteiger partial charge in [0, 0.05) is 19.0 Å². The topological polar surface area (TPSA) is 286 Å². The second kappa shape index (κ2) is 37.6. The number of carbonyl (C=O) groups excluding carboxylic acids is 2. The largest absolute Gasteiger partial charge is 0.481 e. The number of rotatable bonds is 39. The Morgan fingerprint density at radius 1 is 0.761 bits per heavy atom. The Morgan fingerprint density at radius 2 is 1.38 bits per heavy atom. The number of esters is 2. The highest BCUT2D eigenvalue weighted by Crippen LogP contribution is 2.60. The molecule has 400 valence electrons. The molecule has 7 N–H and O–H groups in total. The average molecular weight is 1040 g/mol. The number of aliphatic hydroxyl groups excluding tert-OH is 3. The molecule has 1 aromatic heterocycles. The Hall–Kier alpha value is -4.10. The molecule has 21 heteroatoms. The molecule has 2 rings (SSSR count). The minimum absolute atomic E-state index is 0.0888. The molecule has 1 fully saturated rings. The van der Waals surface area contributed by atoms with E-state index in [2.05, 4.69) is 28.4 Å². The van der Waals surface area contributed by atoms with Crippen molar-refractivity contribution in [3.63, 3.8) is 0 Å². The summed E-state index contributed by atoms with van der Waals surface area (Å²) in [5.74, 6) is -1.44. The Bertz CT molecular complexity index is 2040. The lowest BCUT2D eigenvalue weighted by Gasteiger charge is -2.21. The number of anilines is 1. The van der Waals surface area contributed by atoms with Gasteiger partial charge in [-0.25, -0.2) is 13.9 Å². The molecule has 0 amide bonds. The van der Waals surface area contributed by atoms with E-state index in [-0.39, 0.29) is 18.7 Å². The summed E-state index contributed by atoms with van der Waals surface area (Å²) in [6.45, 7) is 1.83. The van der Waals surface area contributed by atoms with Crippen LogP contribution >= 0.6 is 15.6 Å². The number of allylic oxidation sites excluding steroid dienone is 12. The number of unbranched alkanes of at least 4 members (excludes halogenated alkanes) is 9. The van der Waals surface area contributed by atoms with Crippen molar-refractivity contribution in [1.29, 1.82) is 0 Å². The molecule has 1 saturated heterocycles. The van der Waals surface area contributed by atoms with E-state index < -0.39 is 89.8 Å². The number of phosphoric acid groups is 2. The maximum Gasteiger partial charge on any atom is 0.481 e. The monoisotopic (exact) mass is 1040 g/mol. The molecule has 1 aromatic rings. The molecule has 3 unspecified atom stereocenters. The van der Waals surface area contributed by atoms with Gasteiger partial charge in [0.15, 0.2) is 12.3 Å². The first-order valence-corrected chi connectivity index (χ1v) is 27.7. The fourth-order valence-corrected chi connectivity index (χ4v) is 8.82. The Labute approximate surface area is 419 Å². The van der Waals surface area contributed by atoms with Gasteiger partial charge in [0.25, 0.3) is 0 Å². The number of aromatic nitrogens is 2. The number of ether oxygens (including phenoxy) is 3. The molecule has 71 heavy (non-hydrogen) atoms. The molecule has 2 heterocycles. The van der Waals surface area contributed by atoms with Crippen LogP contribution in [0.2, 0.25) is 0 Å². The lowest BCUT2D eigenvalue weighted by atomic mass is 10.1. The molecule has 1 aliphatic heterocycles. The molecule has 0 radical (unpaired) electrons. The third kappa shape index (κ3) is 30.5. The third-order valence-electron chi connectivity index (χ3n) is 10.6. The van der Waals surface area contributed by atoms with Crippen molar-refractivity contribution in [2.75, 3.05) is 25.6 Å². The van der Waals surface area contributed by atoms with Gasteiger partial charge in [-0.3, -0.25) is 23.2 Å². The summed E-state index contributed by atoms with van der Waals surface area (Å²) in [7, 11) is -10.9. The molecular formula is C50H79N3O16P2. The number of hydrogen-bond donors (Lipinski definition) is 6. The van der Waals surface area contributed by atoms with Crippen LogP contribution in [0.4, 0.5) is 5.82 Å². The van der Waals surface area contributed by atoms with Gasteiger partial charge in [-0.1, -0.05) is 137 Å². The van der Waals surface area contributed by atoms with Crippen LogP contribution in [0.25, 0.3) is 0 Å². The maximum absolute atomic E-state index is 12.8. The van der Waals surface area contributed by atoms with Crippen LogP contribution in [-0.4, -0.2) is 96.9 Å². The van der Waals surface area contributed by atoms with Crippen LogP contribution in [0.5, 0.6) is 0 Å². The molecule has 0 aromatic carbocycles. The number of hydrogen-bond acceptors (Lipinski definition) is 16. The summed E-state index contributed by atoms with van der Waals surface area (Å²) >= 11 is 0. The maximum atomic E-state index is 12.8. The zero-order valence-electron chi connectivity index (χ0n) is 41.4. The number of nitrogens with two attached hydrogens (primary N) is 1. The van der Waals surface area contributed by atoms with Gasteiger partial charge in [-0.15, -0.1) is 0 Å². The smallest absolute Gasteiger partial charge is 0.462 e. The number of aliphatic hydroxyl groups is 3. The standard InChI is InChI=1S/C50H79N3O16P2/c1-3-5-7-8-9-10-11-13-17-20-23-26-30-34-45(55)64-38-42(67-46(56)35-31-27-24-21-18-15-12-14-16-19-22-25-29-33-41(54)32-28-6-4-2)39-65-70(60,61)69-71(62,63)66-40-43-47(57)48(58)49(68-43)53-37-36-44(51)52-50(53)59/h6,10-11,14-16,18,22,24-25,27-29,33,36-37,41-43,47-49,54,57-58H,3-5,7-9,12-13,17,19-21,23,26,30-32,34-35,38-40H2,1-2H3,(H,60,61)(H,62,63)(H2,51,52,59)/b11-10-,16-14-,18-15-,25-22+,27-24-,28-6-,33-29+/t41?,42-,43-,47-,48-,49-/m1/s1. The van der Waals surface area contributed by atoms with Crippen molar-refractivity contribution in [3.8, 4) is 0 Å². The zero-order chi connectivity index (χ0) is 52.2. The van der Waals surface area contributed by atoms with E-state index in [9.17, 15) is 48.6 Å². The van der Waals surface area contributed by atoms with Crippen molar-refractivity contribution >= 4 is 33.4 Å². The Morgan fingerprint density at radius 3 is 2.06 bits per heavy atom. The van der Waals surface area contributed by atoms with Crippen molar-refractivity contribution in [1.82, 2.24) is 9.55 Å². The minimum Gasteiger partial charge on any atom is -0.462 e. The van der Waals surface area contributed by atoms with Gasteiger partial charge in [0.2, 0.25) is 0 Å². The molecular weight excluding hydrogens is 961 g/mol. The summed E-state index contributed by atoms with van der Waals surface area (Å²) in [5, 5.41) is 30.8. The number of nitrogens with zero attached hydrogens (tertiary/aromatic N) is 2. The third-order valence-corrected chi connectivity index (χ3v) is 13.2. The van der Waals surface area contributed by atoms with Crippen LogP contribution in [0.15, 0.2) is 102 Å². The summed E-state index contributed by atoms with van der Waals surface area (Å²) in [4.78, 5) is 61.8. The summed E-state index contributed by atoms with van der Waals surface area (Å²) in [5.41, 5.74) is 4.57. The molecule has 1 aliphatic rings. The second-order valence-electron chi connectivity index (χ2n) is 16.8. The second-order valence-corrected chi connectivity index (χ2v) is 19.8. The minimum atomic E-state index is -5.45. The van der Waals surface area contributed by atoms with Crippen molar-refractivity contribution in [3.05, 3.63) is 108 Å². The molecule has 8 atom stereocenters. The van der Waals surface area contributed by atoms with Crippen molar-refractivity contribution in [2.24, 2.45) is 0 Å². The van der Waals surface area contributed by atoms with Gasteiger partial charge in [-0.05, 0) is 76.7 Å². The highest BCUT2D eigenvalue weighted by atomic mass is 31.3. The molecule has 0 aliphatic carbocycles. The molecule has 0 bridgehead atoms. The van der Waals surface area contributed by atoms with Crippen LogP contribution < -0.4 is 11.4 Å². The SMILES string of the molecule is CC/C=C\CC(O)/C=C/C=C/C/C=C\C/C=C\C/C=C\CCC(=O)O[C@H](COC(=O)CCCCCCC/C=C\CCCCCC)COP(=O)(O)OP(=O)(O)OC[C@H]1O[C@@H](n2ccc(N)nc2=O)[C@H](O)[C@@H]1O.